The summed E-state index contributed by atoms with van der Waals surface area (Å²) in [5.74, 6) is 0.255. The minimum absolute atomic E-state index is 0.0729. The Labute approximate surface area is 156 Å². The Balaban J connectivity index is 1.58. The van der Waals surface area contributed by atoms with Crippen molar-refractivity contribution < 1.29 is 23.5 Å². The summed E-state index contributed by atoms with van der Waals surface area (Å²) in [4.78, 5) is 28.8. The van der Waals surface area contributed by atoms with Gasteiger partial charge in [0.1, 0.15) is 12.0 Å². The Kier molecular flexibility index (Phi) is 5.66. The topological polar surface area (TPSA) is 78.6 Å². The number of esters is 1. The molecule has 0 fully saturated rings. The Hall–Kier alpha value is -3.41. The van der Waals surface area contributed by atoms with Crippen molar-refractivity contribution in [1.82, 2.24) is 4.98 Å². The van der Waals surface area contributed by atoms with Crippen molar-refractivity contribution in [3.05, 3.63) is 72.1 Å². The quantitative estimate of drug-likeness (QED) is 0.469. The number of oxazole rings is 1. The number of ether oxygens (including phenoxy) is 2. The molecule has 0 spiro atoms. The molecular weight excluding hydrogens is 346 g/mol. The van der Waals surface area contributed by atoms with E-state index >= 15 is 0 Å². The summed E-state index contributed by atoms with van der Waals surface area (Å²) in [7, 11) is 1.55. The fourth-order valence-corrected chi connectivity index (χ4v) is 2.53. The van der Waals surface area contributed by atoms with Gasteiger partial charge in [-0.2, -0.15) is 0 Å². The zero-order chi connectivity index (χ0) is 19.2. The molecule has 0 saturated carbocycles. The normalized spacial score (nSPS) is 11.6. The van der Waals surface area contributed by atoms with Crippen LogP contribution in [0.1, 0.15) is 23.0 Å². The predicted molar refractivity (Wildman–Crippen MR) is 98.5 cm³/mol. The number of nitrogens with zero attached hydrogens (tertiary/aromatic N) is 1. The summed E-state index contributed by atoms with van der Waals surface area (Å²) in [6.07, 6.45) is 0.447. The van der Waals surface area contributed by atoms with Crippen molar-refractivity contribution in [3.63, 3.8) is 0 Å². The van der Waals surface area contributed by atoms with Gasteiger partial charge >= 0.3 is 5.97 Å². The number of hydrogen-bond acceptors (Lipinski definition) is 6. The third-order valence-corrected chi connectivity index (χ3v) is 3.95. The van der Waals surface area contributed by atoms with E-state index in [2.05, 4.69) is 4.98 Å². The number of Topliss-reactive ketones (excluding diaryl/α,β-unsaturated/α-hetero) is 1. The van der Waals surface area contributed by atoms with E-state index in [0.29, 0.717) is 22.9 Å². The van der Waals surface area contributed by atoms with Gasteiger partial charge in [0.25, 0.3) is 0 Å². The van der Waals surface area contributed by atoms with Crippen LogP contribution in [0.4, 0.5) is 0 Å². The zero-order valence-electron chi connectivity index (χ0n) is 15.0. The van der Waals surface area contributed by atoms with Crippen LogP contribution >= 0.6 is 0 Å². The number of benzene rings is 2. The summed E-state index contributed by atoms with van der Waals surface area (Å²) in [5.41, 5.74) is 1.71. The molecule has 0 N–H and O–H groups in total. The lowest BCUT2D eigenvalue weighted by Crippen LogP contribution is -2.25. The van der Waals surface area contributed by atoms with Crippen LogP contribution in [0.2, 0.25) is 0 Å². The van der Waals surface area contributed by atoms with Crippen LogP contribution in [-0.4, -0.2) is 30.0 Å². The van der Waals surface area contributed by atoms with Crippen molar-refractivity contribution in [2.75, 3.05) is 7.11 Å². The van der Waals surface area contributed by atoms with Gasteiger partial charge in [0.15, 0.2) is 6.10 Å². The molecule has 1 unspecified atom stereocenters. The highest BCUT2D eigenvalue weighted by Gasteiger charge is 2.20. The molecule has 0 saturated heterocycles. The Morgan fingerprint density at radius 3 is 2.44 bits per heavy atom. The third kappa shape index (κ3) is 4.61. The maximum absolute atomic E-state index is 12.4. The van der Waals surface area contributed by atoms with Gasteiger partial charge in [-0.25, -0.2) is 4.98 Å². The van der Waals surface area contributed by atoms with Crippen molar-refractivity contribution in [2.45, 2.75) is 19.4 Å². The fraction of sp³-hybridized carbons (Fsp3) is 0.190. The highest BCUT2D eigenvalue weighted by atomic mass is 16.5. The van der Waals surface area contributed by atoms with Gasteiger partial charge in [-0.05, 0) is 43.3 Å². The van der Waals surface area contributed by atoms with E-state index in [-0.39, 0.29) is 12.2 Å². The average Bonchev–Trinajstić information content (AvgIpc) is 3.16. The van der Waals surface area contributed by atoms with Crippen molar-refractivity contribution in [2.24, 2.45) is 0 Å². The van der Waals surface area contributed by atoms with Gasteiger partial charge in [-0.15, -0.1) is 0 Å². The molecule has 0 aliphatic carbocycles. The zero-order valence-corrected chi connectivity index (χ0v) is 15.0. The molecule has 0 radical (unpaired) electrons. The van der Waals surface area contributed by atoms with Crippen molar-refractivity contribution in [3.8, 4) is 17.2 Å². The number of hydrogen-bond donors (Lipinski definition) is 0. The van der Waals surface area contributed by atoms with Gasteiger partial charge in [-0.3, -0.25) is 9.59 Å². The highest BCUT2D eigenvalue weighted by molar-refractivity contribution is 6.00. The largest absolute Gasteiger partial charge is 0.497 e. The van der Waals surface area contributed by atoms with E-state index < -0.39 is 12.1 Å². The summed E-state index contributed by atoms with van der Waals surface area (Å²) in [6.45, 7) is 1.54. The van der Waals surface area contributed by atoms with E-state index in [1.54, 1.807) is 38.3 Å². The lowest BCUT2D eigenvalue weighted by atomic mass is 10.1. The molecule has 1 heterocycles. The standard InChI is InChI=1S/C21H19NO5/c1-14(20(24)15-8-10-18(25-2)11-9-15)27-19(23)12-17-13-26-21(22-17)16-6-4-3-5-7-16/h3-11,13-14H,12H2,1-2H3. The second-order valence-corrected chi connectivity index (χ2v) is 5.91. The van der Waals surface area contributed by atoms with Gasteiger partial charge < -0.3 is 13.9 Å². The molecule has 6 nitrogen and oxygen atoms in total. The SMILES string of the molecule is COc1ccc(C(=O)C(C)OC(=O)Cc2coc(-c3ccccc3)n2)cc1. The molecular formula is C21H19NO5. The minimum atomic E-state index is -0.897. The number of aromatic nitrogens is 1. The van der Waals surface area contributed by atoms with Crippen LogP contribution < -0.4 is 4.74 Å². The molecule has 138 valence electrons. The summed E-state index contributed by atoms with van der Waals surface area (Å²) in [6, 6.07) is 16.0. The summed E-state index contributed by atoms with van der Waals surface area (Å²) < 4.78 is 15.7. The van der Waals surface area contributed by atoms with Gasteiger partial charge in [-0.1, -0.05) is 18.2 Å². The molecule has 0 bridgehead atoms. The number of carbonyl (C=O) groups is 2. The van der Waals surface area contributed by atoms with E-state index in [9.17, 15) is 9.59 Å². The van der Waals surface area contributed by atoms with Crippen molar-refractivity contribution >= 4 is 11.8 Å². The molecule has 0 aliphatic heterocycles. The van der Waals surface area contributed by atoms with Crippen LogP contribution in [0.15, 0.2) is 65.3 Å². The lowest BCUT2D eigenvalue weighted by Gasteiger charge is -2.12. The second kappa shape index (κ2) is 8.31. The maximum Gasteiger partial charge on any atom is 0.312 e. The van der Waals surface area contributed by atoms with Gasteiger partial charge in [0, 0.05) is 11.1 Å². The van der Waals surface area contributed by atoms with Crippen LogP contribution in [0.25, 0.3) is 11.5 Å². The number of ketones is 1. The van der Waals surface area contributed by atoms with Crippen LogP contribution in [0.5, 0.6) is 5.75 Å². The first-order valence-corrected chi connectivity index (χ1v) is 8.44. The van der Waals surface area contributed by atoms with Crippen LogP contribution in [0.3, 0.4) is 0 Å². The van der Waals surface area contributed by atoms with E-state index in [4.69, 9.17) is 13.9 Å². The van der Waals surface area contributed by atoms with Gasteiger partial charge in [0.05, 0.1) is 19.2 Å². The van der Waals surface area contributed by atoms with E-state index in [0.717, 1.165) is 5.56 Å². The Morgan fingerprint density at radius 1 is 1.07 bits per heavy atom. The first kappa shape index (κ1) is 18.4. The average molecular weight is 365 g/mol. The molecule has 3 rings (SSSR count). The molecule has 2 aromatic carbocycles. The first-order chi connectivity index (χ1) is 13.1. The van der Waals surface area contributed by atoms with E-state index in [1.165, 1.54) is 6.26 Å². The summed E-state index contributed by atoms with van der Waals surface area (Å²) >= 11 is 0. The maximum atomic E-state index is 12.4. The Bertz CT molecular complexity index is 915. The monoisotopic (exact) mass is 365 g/mol. The molecule has 27 heavy (non-hydrogen) atoms. The Morgan fingerprint density at radius 2 is 1.78 bits per heavy atom. The minimum Gasteiger partial charge on any atom is -0.497 e. The molecule has 0 amide bonds. The number of carbonyl (C=O) groups excluding carboxylic acids is 2. The van der Waals surface area contributed by atoms with Gasteiger partial charge in [0.2, 0.25) is 11.7 Å². The molecule has 0 aliphatic rings. The van der Waals surface area contributed by atoms with Crippen LogP contribution in [0, 0.1) is 0 Å². The molecule has 6 heteroatoms. The molecule has 3 aromatic rings. The predicted octanol–water partition coefficient (Wildman–Crippen LogP) is 3.71. The lowest BCUT2D eigenvalue weighted by molar-refractivity contribution is -0.145. The summed E-state index contributed by atoms with van der Waals surface area (Å²) in [5, 5.41) is 0. The molecule has 1 aromatic heterocycles. The number of methoxy groups -OCH3 is 1. The fourth-order valence-electron chi connectivity index (χ4n) is 2.53. The molecule has 1 atom stereocenters. The van der Waals surface area contributed by atoms with Crippen molar-refractivity contribution in [1.29, 1.82) is 0 Å². The number of rotatable bonds is 7. The smallest absolute Gasteiger partial charge is 0.312 e. The highest BCUT2D eigenvalue weighted by Crippen LogP contribution is 2.19. The van der Waals surface area contributed by atoms with E-state index in [1.807, 2.05) is 30.3 Å². The third-order valence-electron chi connectivity index (χ3n) is 3.95. The first-order valence-electron chi connectivity index (χ1n) is 8.44. The van der Waals surface area contributed by atoms with Crippen LogP contribution in [-0.2, 0) is 16.0 Å². The second-order valence-electron chi connectivity index (χ2n) is 5.91.